The number of carbonyl (C=O) groups is 1. The number of methoxy groups -OCH3 is 1. The van der Waals surface area contributed by atoms with Crippen molar-refractivity contribution >= 4 is 15.7 Å². The van der Waals surface area contributed by atoms with E-state index in [9.17, 15) is 13.2 Å². The van der Waals surface area contributed by atoms with E-state index in [-0.39, 0.29) is 23.5 Å². The number of hydrogen-bond acceptors (Lipinski definition) is 5. The molecule has 1 aromatic carbocycles. The van der Waals surface area contributed by atoms with Gasteiger partial charge in [0.2, 0.25) is 0 Å². The average molecular weight is 391 g/mol. The second kappa shape index (κ2) is 7.72. The van der Waals surface area contributed by atoms with Crippen LogP contribution in [-0.4, -0.2) is 49.3 Å². The molecule has 3 rings (SSSR count). The predicted octanol–water partition coefficient (Wildman–Crippen LogP) is 1.84. The zero-order valence-electron chi connectivity index (χ0n) is 15.9. The van der Waals surface area contributed by atoms with E-state index in [0.29, 0.717) is 36.3 Å². The van der Waals surface area contributed by atoms with Crippen molar-refractivity contribution in [1.29, 1.82) is 0 Å². The highest BCUT2D eigenvalue weighted by atomic mass is 32.2. The third kappa shape index (κ3) is 4.16. The van der Waals surface area contributed by atoms with Crippen molar-refractivity contribution in [3.63, 3.8) is 0 Å². The number of nitrogens with one attached hydrogen (secondary N) is 1. The number of amides is 1. The van der Waals surface area contributed by atoms with Crippen LogP contribution in [-0.2, 0) is 16.3 Å². The zero-order chi connectivity index (χ0) is 19.6. The number of aromatic nitrogens is 2. The maximum Gasteiger partial charge on any atom is 0.255 e. The van der Waals surface area contributed by atoms with Gasteiger partial charge in [0.25, 0.3) is 5.91 Å². The highest BCUT2D eigenvalue weighted by Crippen LogP contribution is 2.26. The molecule has 0 bridgehead atoms. The molecule has 1 fully saturated rings. The molecule has 1 amide bonds. The molecule has 1 saturated heterocycles. The summed E-state index contributed by atoms with van der Waals surface area (Å²) in [7, 11) is -1.38. The minimum Gasteiger partial charge on any atom is -0.496 e. The Kier molecular flexibility index (Phi) is 5.55. The average Bonchev–Trinajstić information content (AvgIpc) is 3.13. The maximum atomic E-state index is 12.7. The SMILES string of the molecule is COc1ccccc1CCNC(=O)c1c(C)nn(C2CCS(=O)(=O)C2)c1C. The summed E-state index contributed by atoms with van der Waals surface area (Å²) >= 11 is 0. The Hall–Kier alpha value is -2.35. The van der Waals surface area contributed by atoms with Crippen LogP contribution >= 0.6 is 0 Å². The van der Waals surface area contributed by atoms with Crippen molar-refractivity contribution < 1.29 is 17.9 Å². The van der Waals surface area contributed by atoms with Crippen molar-refractivity contribution in [3.8, 4) is 5.75 Å². The van der Waals surface area contributed by atoms with E-state index in [1.165, 1.54) is 0 Å². The third-order valence-electron chi connectivity index (χ3n) is 4.98. The summed E-state index contributed by atoms with van der Waals surface area (Å²) in [5, 5.41) is 7.38. The summed E-state index contributed by atoms with van der Waals surface area (Å²) in [6.45, 7) is 4.07. The zero-order valence-corrected chi connectivity index (χ0v) is 16.7. The second-order valence-electron chi connectivity index (χ2n) is 6.86. The quantitative estimate of drug-likeness (QED) is 0.811. The lowest BCUT2D eigenvalue weighted by atomic mass is 10.1. The van der Waals surface area contributed by atoms with E-state index in [1.807, 2.05) is 31.2 Å². The van der Waals surface area contributed by atoms with Crippen molar-refractivity contribution in [1.82, 2.24) is 15.1 Å². The first-order chi connectivity index (χ1) is 12.8. The molecule has 0 aliphatic carbocycles. The summed E-state index contributed by atoms with van der Waals surface area (Å²) in [5.41, 5.74) is 2.89. The molecule has 1 N–H and O–H groups in total. The molecular formula is C19H25N3O4S. The Morgan fingerprint density at radius 2 is 2.07 bits per heavy atom. The second-order valence-corrected chi connectivity index (χ2v) is 9.09. The summed E-state index contributed by atoms with van der Waals surface area (Å²) in [6, 6.07) is 7.52. The van der Waals surface area contributed by atoms with Crippen LogP contribution in [0.5, 0.6) is 5.75 Å². The normalized spacial score (nSPS) is 18.4. The Morgan fingerprint density at radius 1 is 1.33 bits per heavy atom. The maximum absolute atomic E-state index is 12.7. The van der Waals surface area contributed by atoms with E-state index in [4.69, 9.17) is 4.74 Å². The Morgan fingerprint density at radius 3 is 2.74 bits per heavy atom. The standard InChI is InChI=1S/C19H25N3O4S/c1-13-18(14(2)22(21-13)16-9-11-27(24,25)12-16)19(23)20-10-8-15-6-4-5-7-17(15)26-3/h4-7,16H,8-12H2,1-3H3,(H,20,23). The van der Waals surface area contributed by atoms with Gasteiger partial charge in [-0.3, -0.25) is 9.48 Å². The summed E-state index contributed by atoms with van der Waals surface area (Å²) in [6.07, 6.45) is 1.20. The van der Waals surface area contributed by atoms with Gasteiger partial charge in [-0.25, -0.2) is 8.42 Å². The largest absolute Gasteiger partial charge is 0.496 e. The number of hydrogen-bond donors (Lipinski definition) is 1. The molecule has 8 heteroatoms. The van der Waals surface area contributed by atoms with Crippen LogP contribution in [0.25, 0.3) is 0 Å². The van der Waals surface area contributed by atoms with E-state index >= 15 is 0 Å². The molecule has 146 valence electrons. The van der Waals surface area contributed by atoms with Crippen molar-refractivity contribution in [2.24, 2.45) is 0 Å². The summed E-state index contributed by atoms with van der Waals surface area (Å²) < 4.78 is 30.5. The Labute approximate surface area is 159 Å². The number of benzene rings is 1. The smallest absolute Gasteiger partial charge is 0.255 e. The molecule has 0 spiro atoms. The monoisotopic (exact) mass is 391 g/mol. The van der Waals surface area contributed by atoms with Crippen LogP contribution in [0.1, 0.15) is 39.8 Å². The molecule has 27 heavy (non-hydrogen) atoms. The van der Waals surface area contributed by atoms with E-state index < -0.39 is 9.84 Å². The highest BCUT2D eigenvalue weighted by Gasteiger charge is 2.32. The number of aryl methyl sites for hydroxylation is 1. The number of nitrogens with zero attached hydrogens (tertiary/aromatic N) is 2. The Bertz CT molecular complexity index is 950. The van der Waals surface area contributed by atoms with Gasteiger partial charge in [0.15, 0.2) is 9.84 Å². The van der Waals surface area contributed by atoms with E-state index in [0.717, 1.165) is 11.3 Å². The van der Waals surface area contributed by atoms with Crippen LogP contribution in [0.4, 0.5) is 0 Å². The first-order valence-corrected chi connectivity index (χ1v) is 10.8. The molecule has 0 radical (unpaired) electrons. The summed E-state index contributed by atoms with van der Waals surface area (Å²) in [4.78, 5) is 12.7. The van der Waals surface area contributed by atoms with Gasteiger partial charge in [-0.15, -0.1) is 0 Å². The van der Waals surface area contributed by atoms with Crippen molar-refractivity contribution in [2.45, 2.75) is 32.7 Å². The van der Waals surface area contributed by atoms with Crippen LogP contribution < -0.4 is 10.1 Å². The van der Waals surface area contributed by atoms with Gasteiger partial charge in [-0.1, -0.05) is 18.2 Å². The van der Waals surface area contributed by atoms with Gasteiger partial charge >= 0.3 is 0 Å². The molecule has 1 unspecified atom stereocenters. The van der Waals surface area contributed by atoms with Crippen molar-refractivity contribution in [3.05, 3.63) is 46.8 Å². The minimum atomic E-state index is -3.01. The predicted molar refractivity (Wildman–Crippen MR) is 103 cm³/mol. The van der Waals surface area contributed by atoms with Gasteiger partial charge in [-0.2, -0.15) is 5.10 Å². The van der Waals surface area contributed by atoms with Crippen molar-refractivity contribution in [2.75, 3.05) is 25.2 Å². The van der Waals surface area contributed by atoms with Gasteiger partial charge in [0, 0.05) is 12.2 Å². The van der Waals surface area contributed by atoms with E-state index in [1.54, 1.807) is 18.7 Å². The minimum absolute atomic E-state index is 0.0871. The lowest BCUT2D eigenvalue weighted by molar-refractivity contribution is 0.0952. The highest BCUT2D eigenvalue weighted by molar-refractivity contribution is 7.91. The number of para-hydroxylation sites is 1. The van der Waals surface area contributed by atoms with Crippen LogP contribution in [0.15, 0.2) is 24.3 Å². The molecule has 2 heterocycles. The first kappa shape index (κ1) is 19.4. The number of sulfone groups is 1. The van der Waals surface area contributed by atoms with Crippen LogP contribution in [0, 0.1) is 13.8 Å². The fourth-order valence-electron chi connectivity index (χ4n) is 3.62. The van der Waals surface area contributed by atoms with Gasteiger partial charge in [0.1, 0.15) is 5.75 Å². The third-order valence-corrected chi connectivity index (χ3v) is 6.73. The summed E-state index contributed by atoms with van der Waals surface area (Å²) in [5.74, 6) is 0.877. The van der Waals surface area contributed by atoms with Gasteiger partial charge in [0.05, 0.1) is 35.9 Å². The van der Waals surface area contributed by atoms with E-state index in [2.05, 4.69) is 10.4 Å². The molecule has 1 atom stereocenters. The fourth-order valence-corrected chi connectivity index (χ4v) is 5.32. The molecule has 7 nitrogen and oxygen atoms in total. The number of carbonyl (C=O) groups excluding carboxylic acids is 1. The Balaban J connectivity index is 1.68. The van der Waals surface area contributed by atoms with Crippen LogP contribution in [0.3, 0.4) is 0 Å². The fraction of sp³-hybridized carbons (Fsp3) is 0.474. The van der Waals surface area contributed by atoms with Gasteiger partial charge in [-0.05, 0) is 38.3 Å². The molecular weight excluding hydrogens is 366 g/mol. The topological polar surface area (TPSA) is 90.3 Å². The number of rotatable bonds is 6. The lowest BCUT2D eigenvalue weighted by Crippen LogP contribution is -2.27. The molecule has 1 aliphatic rings. The lowest BCUT2D eigenvalue weighted by Gasteiger charge is -2.12. The van der Waals surface area contributed by atoms with Crippen LogP contribution in [0.2, 0.25) is 0 Å². The van der Waals surface area contributed by atoms with Gasteiger partial charge < -0.3 is 10.1 Å². The molecule has 1 aliphatic heterocycles. The molecule has 0 saturated carbocycles. The molecule has 2 aromatic rings. The first-order valence-electron chi connectivity index (χ1n) is 8.98. The molecule has 1 aromatic heterocycles. The number of ether oxygens (including phenoxy) is 1.